The molecule has 2 aromatic rings. The Labute approximate surface area is 150 Å². The van der Waals surface area contributed by atoms with Crippen LogP contribution in [0, 0.1) is 0 Å². The molecule has 0 bridgehead atoms. The first-order valence-corrected chi connectivity index (χ1v) is 8.63. The SMILES string of the molecule is CC(C)(C)OC(=O)N1CCCC1c1ccc(-c2nnc(CCl)o2)nn1. The number of ether oxygens (including phenoxy) is 1. The molecule has 9 heteroatoms. The van der Waals surface area contributed by atoms with Crippen LogP contribution in [0.4, 0.5) is 4.79 Å². The molecule has 1 amide bonds. The largest absolute Gasteiger partial charge is 0.444 e. The molecule has 2 aromatic heterocycles. The second-order valence-electron chi connectivity index (χ2n) is 6.81. The van der Waals surface area contributed by atoms with Crippen LogP contribution in [0.3, 0.4) is 0 Å². The molecule has 8 nitrogen and oxygen atoms in total. The van der Waals surface area contributed by atoms with E-state index in [1.54, 1.807) is 11.0 Å². The smallest absolute Gasteiger partial charge is 0.410 e. The van der Waals surface area contributed by atoms with E-state index in [-0.39, 0.29) is 23.9 Å². The maximum Gasteiger partial charge on any atom is 0.410 e. The summed E-state index contributed by atoms with van der Waals surface area (Å²) in [6.45, 7) is 6.20. The van der Waals surface area contributed by atoms with Crippen molar-refractivity contribution in [3.05, 3.63) is 23.7 Å². The quantitative estimate of drug-likeness (QED) is 0.770. The van der Waals surface area contributed by atoms with Crippen LogP contribution in [0.2, 0.25) is 0 Å². The molecule has 1 aliphatic rings. The number of hydrogen-bond donors (Lipinski definition) is 0. The van der Waals surface area contributed by atoms with E-state index in [4.69, 9.17) is 20.8 Å². The molecule has 0 spiro atoms. The second kappa shape index (κ2) is 6.95. The fourth-order valence-electron chi connectivity index (χ4n) is 2.66. The summed E-state index contributed by atoms with van der Waals surface area (Å²) in [6.07, 6.45) is 1.39. The molecule has 1 unspecified atom stereocenters. The lowest BCUT2D eigenvalue weighted by atomic mass is 10.1. The molecule has 1 saturated heterocycles. The summed E-state index contributed by atoms with van der Waals surface area (Å²) in [5.41, 5.74) is 0.649. The van der Waals surface area contributed by atoms with E-state index in [1.807, 2.05) is 26.8 Å². The zero-order chi connectivity index (χ0) is 18.0. The summed E-state index contributed by atoms with van der Waals surface area (Å²) in [4.78, 5) is 14.1. The van der Waals surface area contributed by atoms with Crippen molar-refractivity contribution in [1.29, 1.82) is 0 Å². The van der Waals surface area contributed by atoms with E-state index in [1.165, 1.54) is 0 Å². The normalized spacial score (nSPS) is 17.8. The van der Waals surface area contributed by atoms with Crippen molar-refractivity contribution < 1.29 is 13.9 Å². The summed E-state index contributed by atoms with van der Waals surface area (Å²) in [5.74, 6) is 0.741. The molecule has 0 aliphatic carbocycles. The van der Waals surface area contributed by atoms with Gasteiger partial charge < -0.3 is 9.15 Å². The molecule has 0 radical (unpaired) electrons. The molecule has 0 N–H and O–H groups in total. The van der Waals surface area contributed by atoms with E-state index in [0.29, 0.717) is 23.8 Å². The number of halogens is 1. The molecular formula is C16H20ClN5O3. The highest BCUT2D eigenvalue weighted by Gasteiger charge is 2.34. The molecule has 1 aliphatic heterocycles. The predicted octanol–water partition coefficient (Wildman–Crippen LogP) is 3.34. The second-order valence-corrected chi connectivity index (χ2v) is 7.08. The first kappa shape index (κ1) is 17.6. The maximum atomic E-state index is 12.4. The minimum absolute atomic E-state index is 0.141. The first-order chi connectivity index (χ1) is 11.9. The molecule has 3 heterocycles. The molecule has 0 aromatic carbocycles. The van der Waals surface area contributed by atoms with Gasteiger partial charge in [-0.05, 0) is 45.7 Å². The number of carbonyl (C=O) groups is 1. The Morgan fingerprint density at radius 1 is 1.32 bits per heavy atom. The zero-order valence-electron chi connectivity index (χ0n) is 14.4. The van der Waals surface area contributed by atoms with Crippen LogP contribution in [0.25, 0.3) is 11.6 Å². The standard InChI is InChI=1S/C16H20ClN5O3/c1-16(2,3)25-15(23)22-8-4-5-12(22)10-6-7-11(19-18-10)14-21-20-13(9-17)24-14/h6-7,12H,4-5,8-9H2,1-3H3. The summed E-state index contributed by atoms with van der Waals surface area (Å²) in [7, 11) is 0. The van der Waals surface area contributed by atoms with Crippen LogP contribution < -0.4 is 0 Å². The van der Waals surface area contributed by atoms with Crippen LogP contribution in [0.15, 0.2) is 16.5 Å². The van der Waals surface area contributed by atoms with E-state index in [9.17, 15) is 4.79 Å². The van der Waals surface area contributed by atoms with Gasteiger partial charge in [-0.3, -0.25) is 4.90 Å². The Hall–Kier alpha value is -2.22. The summed E-state index contributed by atoms with van der Waals surface area (Å²) >= 11 is 5.65. The number of carbonyl (C=O) groups excluding carboxylic acids is 1. The van der Waals surface area contributed by atoms with Gasteiger partial charge in [0.05, 0.1) is 11.7 Å². The van der Waals surface area contributed by atoms with E-state index >= 15 is 0 Å². The summed E-state index contributed by atoms with van der Waals surface area (Å²) < 4.78 is 10.8. The summed E-state index contributed by atoms with van der Waals surface area (Å²) in [5, 5.41) is 16.1. The molecular weight excluding hydrogens is 346 g/mol. The van der Waals surface area contributed by atoms with Crippen molar-refractivity contribution >= 4 is 17.7 Å². The Morgan fingerprint density at radius 3 is 2.72 bits per heavy atom. The monoisotopic (exact) mass is 365 g/mol. The minimum atomic E-state index is -0.530. The lowest BCUT2D eigenvalue weighted by Crippen LogP contribution is -2.36. The van der Waals surface area contributed by atoms with Gasteiger partial charge in [-0.1, -0.05) is 0 Å². The first-order valence-electron chi connectivity index (χ1n) is 8.09. The minimum Gasteiger partial charge on any atom is -0.444 e. The number of aromatic nitrogens is 4. The number of amides is 1. The number of rotatable bonds is 3. The van der Waals surface area contributed by atoms with Gasteiger partial charge in [0.2, 0.25) is 5.89 Å². The van der Waals surface area contributed by atoms with Crippen molar-refractivity contribution in [2.24, 2.45) is 0 Å². The van der Waals surface area contributed by atoms with Gasteiger partial charge in [0.15, 0.2) is 0 Å². The molecule has 1 atom stereocenters. The van der Waals surface area contributed by atoms with Gasteiger partial charge in [-0.25, -0.2) is 4.79 Å². The van der Waals surface area contributed by atoms with Crippen LogP contribution in [-0.4, -0.2) is 43.5 Å². The van der Waals surface area contributed by atoms with Crippen molar-refractivity contribution in [2.75, 3.05) is 6.54 Å². The fraction of sp³-hybridized carbons (Fsp3) is 0.562. The van der Waals surface area contributed by atoms with Gasteiger partial charge in [0.1, 0.15) is 17.2 Å². The van der Waals surface area contributed by atoms with Gasteiger partial charge in [0.25, 0.3) is 5.89 Å². The lowest BCUT2D eigenvalue weighted by molar-refractivity contribution is 0.0221. The van der Waals surface area contributed by atoms with Gasteiger partial charge >= 0.3 is 6.09 Å². The Kier molecular flexibility index (Phi) is 4.89. The van der Waals surface area contributed by atoms with E-state index in [0.717, 1.165) is 12.8 Å². The van der Waals surface area contributed by atoms with Crippen LogP contribution >= 0.6 is 11.6 Å². The van der Waals surface area contributed by atoms with Crippen LogP contribution in [0.5, 0.6) is 0 Å². The van der Waals surface area contributed by atoms with Crippen molar-refractivity contribution in [3.8, 4) is 11.6 Å². The third kappa shape index (κ3) is 4.07. The summed E-state index contributed by atoms with van der Waals surface area (Å²) in [6, 6.07) is 3.43. The molecule has 25 heavy (non-hydrogen) atoms. The van der Waals surface area contributed by atoms with Gasteiger partial charge in [-0.15, -0.1) is 26.9 Å². The van der Waals surface area contributed by atoms with Crippen molar-refractivity contribution in [1.82, 2.24) is 25.3 Å². The molecule has 134 valence electrons. The zero-order valence-corrected chi connectivity index (χ0v) is 15.2. The predicted molar refractivity (Wildman–Crippen MR) is 89.8 cm³/mol. The van der Waals surface area contributed by atoms with Crippen LogP contribution in [0.1, 0.15) is 51.2 Å². The fourth-order valence-corrected chi connectivity index (χ4v) is 2.77. The van der Waals surface area contributed by atoms with Gasteiger partial charge in [0, 0.05) is 6.54 Å². The average Bonchev–Trinajstić information content (AvgIpc) is 3.23. The third-order valence-electron chi connectivity index (χ3n) is 3.71. The van der Waals surface area contributed by atoms with Crippen molar-refractivity contribution in [2.45, 2.75) is 51.1 Å². The Morgan fingerprint density at radius 2 is 2.12 bits per heavy atom. The average molecular weight is 366 g/mol. The highest BCUT2D eigenvalue weighted by molar-refractivity contribution is 6.16. The number of alkyl halides is 1. The van der Waals surface area contributed by atoms with E-state index in [2.05, 4.69) is 20.4 Å². The van der Waals surface area contributed by atoms with Gasteiger partial charge in [-0.2, -0.15) is 5.10 Å². The molecule has 1 fully saturated rings. The highest BCUT2D eigenvalue weighted by Crippen LogP contribution is 2.32. The van der Waals surface area contributed by atoms with E-state index < -0.39 is 5.60 Å². The topological polar surface area (TPSA) is 94.2 Å². The Bertz CT molecular complexity index is 741. The molecule has 0 saturated carbocycles. The number of nitrogens with zero attached hydrogens (tertiary/aromatic N) is 5. The third-order valence-corrected chi connectivity index (χ3v) is 3.94. The number of hydrogen-bond acceptors (Lipinski definition) is 7. The lowest BCUT2D eigenvalue weighted by Gasteiger charge is -2.28. The molecule has 3 rings (SSSR count). The maximum absolute atomic E-state index is 12.4. The Balaban J connectivity index is 1.75. The van der Waals surface area contributed by atoms with Crippen molar-refractivity contribution in [3.63, 3.8) is 0 Å². The number of likely N-dealkylation sites (tertiary alicyclic amines) is 1. The highest BCUT2D eigenvalue weighted by atomic mass is 35.5. The van der Waals surface area contributed by atoms with Crippen LogP contribution in [-0.2, 0) is 10.6 Å².